The third kappa shape index (κ3) is 4.46. The molecule has 4 aromatic rings. The van der Waals surface area contributed by atoms with Gasteiger partial charge in [-0.3, -0.25) is 0 Å². The maximum atomic E-state index is 6.31. The summed E-state index contributed by atoms with van der Waals surface area (Å²) in [5, 5.41) is 8.20. The van der Waals surface area contributed by atoms with E-state index in [1.165, 1.54) is 11.3 Å². The average molecular weight is 459 g/mol. The van der Waals surface area contributed by atoms with Gasteiger partial charge in [0.2, 0.25) is 4.80 Å². The number of hydrogen-bond donors (Lipinski definition) is 0. The molecule has 0 unspecified atom stereocenters. The van der Waals surface area contributed by atoms with Gasteiger partial charge in [-0.25, -0.2) is 9.67 Å². The third-order valence-electron chi connectivity index (χ3n) is 4.12. The first-order chi connectivity index (χ1) is 14.1. The smallest absolute Gasteiger partial charge is 0.211 e. The fourth-order valence-electron chi connectivity index (χ4n) is 2.68. The van der Waals surface area contributed by atoms with Gasteiger partial charge < -0.3 is 0 Å². The predicted molar refractivity (Wildman–Crippen MR) is 124 cm³/mol. The van der Waals surface area contributed by atoms with E-state index in [1.54, 1.807) is 17.0 Å². The van der Waals surface area contributed by atoms with E-state index in [0.29, 0.717) is 25.6 Å². The fourth-order valence-corrected chi connectivity index (χ4v) is 4.07. The van der Waals surface area contributed by atoms with Crippen LogP contribution in [0.2, 0.25) is 15.1 Å². The number of thiazole rings is 1. The minimum atomic E-state index is 0.458. The topological polar surface area (TPSA) is 29.6 Å². The minimum Gasteiger partial charge on any atom is -0.218 e. The van der Waals surface area contributed by atoms with Gasteiger partial charge in [-0.05, 0) is 18.2 Å². The molecule has 0 bridgehead atoms. The van der Waals surface area contributed by atoms with Gasteiger partial charge in [0.15, 0.2) is 0 Å². The van der Waals surface area contributed by atoms with E-state index in [-0.39, 0.29) is 0 Å². The van der Waals surface area contributed by atoms with Gasteiger partial charge in [0, 0.05) is 16.5 Å². The third-order valence-corrected chi connectivity index (χ3v) is 6.09. The Morgan fingerprint density at radius 1 is 0.793 bits per heavy atom. The van der Waals surface area contributed by atoms with Crippen molar-refractivity contribution in [3.05, 3.63) is 104 Å². The van der Waals surface area contributed by atoms with E-state index >= 15 is 0 Å². The summed E-state index contributed by atoms with van der Waals surface area (Å²) >= 11 is 20.2. The molecule has 29 heavy (non-hydrogen) atoms. The summed E-state index contributed by atoms with van der Waals surface area (Å²) in [5.74, 6) is 0. The Morgan fingerprint density at radius 3 is 2.31 bits per heavy atom. The Bertz CT molecular complexity index is 1240. The molecule has 7 heteroatoms. The molecule has 0 fully saturated rings. The molecule has 0 aliphatic carbocycles. The SMILES string of the molecule is Clc1ccccc1N=c1scc(-c2ccccc2)n1/N=C/c1cccc(Cl)c1Cl. The molecule has 0 atom stereocenters. The molecule has 1 aromatic heterocycles. The number of para-hydroxylation sites is 1. The van der Waals surface area contributed by atoms with Crippen LogP contribution in [0.5, 0.6) is 0 Å². The molecule has 144 valence electrons. The molecular weight excluding hydrogens is 445 g/mol. The molecule has 1 heterocycles. The quantitative estimate of drug-likeness (QED) is 0.287. The molecule has 0 aliphatic rings. The maximum Gasteiger partial charge on any atom is 0.211 e. The summed E-state index contributed by atoms with van der Waals surface area (Å²) in [7, 11) is 0. The van der Waals surface area contributed by atoms with Gasteiger partial charge in [-0.1, -0.05) is 89.4 Å². The average Bonchev–Trinajstić information content (AvgIpc) is 3.14. The number of nitrogens with zero attached hydrogens (tertiary/aromatic N) is 3. The first-order valence-corrected chi connectivity index (χ1v) is 10.7. The lowest BCUT2D eigenvalue weighted by Crippen LogP contribution is -2.11. The molecule has 0 radical (unpaired) electrons. The van der Waals surface area contributed by atoms with Crippen LogP contribution in [-0.4, -0.2) is 10.9 Å². The highest BCUT2D eigenvalue weighted by molar-refractivity contribution is 7.07. The van der Waals surface area contributed by atoms with E-state index in [2.05, 4.69) is 5.10 Å². The molecule has 0 aliphatic heterocycles. The van der Waals surface area contributed by atoms with Crippen molar-refractivity contribution in [2.45, 2.75) is 0 Å². The molecular formula is C22H14Cl3N3S. The molecule has 0 amide bonds. The number of aromatic nitrogens is 1. The minimum absolute atomic E-state index is 0.458. The Labute approximate surface area is 187 Å². The highest BCUT2D eigenvalue weighted by Gasteiger charge is 2.09. The largest absolute Gasteiger partial charge is 0.218 e. The molecule has 3 nitrogen and oxygen atoms in total. The highest BCUT2D eigenvalue weighted by Crippen LogP contribution is 2.26. The zero-order valence-corrected chi connectivity index (χ0v) is 18.1. The van der Waals surface area contributed by atoms with Crippen LogP contribution >= 0.6 is 46.1 Å². The van der Waals surface area contributed by atoms with Crippen molar-refractivity contribution in [2.75, 3.05) is 0 Å². The standard InChI is InChI=1S/C22H14Cl3N3S/c23-17-10-4-5-12-19(17)27-22-28(20(14-29-22)15-7-2-1-3-8-15)26-13-16-9-6-11-18(24)21(16)25/h1-14H/b26-13+,27-22?. The van der Waals surface area contributed by atoms with Gasteiger partial charge in [-0.2, -0.15) is 5.10 Å². The number of rotatable bonds is 4. The van der Waals surface area contributed by atoms with Crippen LogP contribution in [0.1, 0.15) is 5.56 Å². The summed E-state index contributed by atoms with van der Waals surface area (Å²) in [6, 6.07) is 22.9. The molecule has 0 saturated carbocycles. The second-order valence-corrected chi connectivity index (χ2v) is 8.06. The Kier molecular flexibility index (Phi) is 6.16. The van der Waals surface area contributed by atoms with E-state index in [4.69, 9.17) is 39.8 Å². The van der Waals surface area contributed by atoms with Gasteiger partial charge >= 0.3 is 0 Å². The van der Waals surface area contributed by atoms with E-state index in [1.807, 2.05) is 72.1 Å². The zero-order valence-electron chi connectivity index (χ0n) is 15.0. The van der Waals surface area contributed by atoms with Crippen LogP contribution in [0.4, 0.5) is 5.69 Å². The summed E-state index contributed by atoms with van der Waals surface area (Å²) in [5.41, 5.74) is 3.34. The summed E-state index contributed by atoms with van der Waals surface area (Å²) in [6.07, 6.45) is 1.68. The van der Waals surface area contributed by atoms with Crippen molar-refractivity contribution in [1.29, 1.82) is 0 Å². The van der Waals surface area contributed by atoms with Gasteiger partial charge in [0.25, 0.3) is 0 Å². The molecule has 0 N–H and O–H groups in total. The first kappa shape index (κ1) is 19.9. The van der Waals surface area contributed by atoms with Crippen LogP contribution < -0.4 is 4.80 Å². The molecule has 0 saturated heterocycles. The lowest BCUT2D eigenvalue weighted by atomic mass is 10.2. The highest BCUT2D eigenvalue weighted by atomic mass is 35.5. The lowest BCUT2D eigenvalue weighted by molar-refractivity contribution is 0.855. The van der Waals surface area contributed by atoms with E-state index in [0.717, 1.165) is 16.8 Å². The van der Waals surface area contributed by atoms with Crippen molar-refractivity contribution in [1.82, 2.24) is 4.68 Å². The van der Waals surface area contributed by atoms with Crippen LogP contribution in [0.3, 0.4) is 0 Å². The van der Waals surface area contributed by atoms with Crippen molar-refractivity contribution in [2.24, 2.45) is 10.1 Å². The van der Waals surface area contributed by atoms with Gasteiger partial charge in [0.05, 0.1) is 32.7 Å². The second kappa shape index (κ2) is 8.97. The van der Waals surface area contributed by atoms with Crippen LogP contribution in [0.15, 0.2) is 88.3 Å². The number of halogens is 3. The van der Waals surface area contributed by atoms with Crippen molar-refractivity contribution in [3.63, 3.8) is 0 Å². The van der Waals surface area contributed by atoms with Crippen LogP contribution in [0, 0.1) is 0 Å². The Morgan fingerprint density at radius 2 is 1.52 bits per heavy atom. The Hall–Kier alpha value is -2.37. The Balaban J connectivity index is 1.88. The number of benzene rings is 3. The van der Waals surface area contributed by atoms with E-state index in [9.17, 15) is 0 Å². The molecule has 0 spiro atoms. The summed E-state index contributed by atoms with van der Waals surface area (Å²) < 4.78 is 1.78. The zero-order chi connectivity index (χ0) is 20.2. The molecule has 3 aromatic carbocycles. The van der Waals surface area contributed by atoms with Crippen molar-refractivity contribution in [3.8, 4) is 11.3 Å². The predicted octanol–water partition coefficient (Wildman–Crippen LogP) is 7.29. The maximum absolute atomic E-state index is 6.31. The van der Waals surface area contributed by atoms with Crippen molar-refractivity contribution < 1.29 is 0 Å². The number of hydrogen-bond acceptors (Lipinski definition) is 3. The van der Waals surface area contributed by atoms with Crippen LogP contribution in [0.25, 0.3) is 11.3 Å². The monoisotopic (exact) mass is 457 g/mol. The second-order valence-electron chi connectivity index (χ2n) is 6.03. The normalized spacial score (nSPS) is 12.0. The lowest BCUT2D eigenvalue weighted by Gasteiger charge is -2.04. The van der Waals surface area contributed by atoms with Gasteiger partial charge in [-0.15, -0.1) is 11.3 Å². The summed E-state index contributed by atoms with van der Waals surface area (Å²) in [6.45, 7) is 0. The first-order valence-electron chi connectivity index (χ1n) is 8.67. The van der Waals surface area contributed by atoms with Crippen LogP contribution in [-0.2, 0) is 0 Å². The van der Waals surface area contributed by atoms with Gasteiger partial charge in [0.1, 0.15) is 0 Å². The molecule has 4 rings (SSSR count). The summed E-state index contributed by atoms with van der Waals surface area (Å²) in [4.78, 5) is 5.40. The fraction of sp³-hybridized carbons (Fsp3) is 0. The van der Waals surface area contributed by atoms with Crippen molar-refractivity contribution >= 4 is 58.0 Å². The van der Waals surface area contributed by atoms with E-state index < -0.39 is 0 Å².